The Morgan fingerprint density at radius 3 is 2.17 bits per heavy atom. The minimum absolute atomic E-state index is 0.156. The smallest absolute Gasteiger partial charge is 0.230 e. The van der Waals surface area contributed by atoms with Crippen LogP contribution in [-0.2, 0) is 11.2 Å². The Balaban J connectivity index is 1.70. The van der Waals surface area contributed by atoms with Gasteiger partial charge in [-0.1, -0.05) is 0 Å². The quantitative estimate of drug-likeness (QED) is 0.600. The summed E-state index contributed by atoms with van der Waals surface area (Å²) in [7, 11) is 6.21. The van der Waals surface area contributed by atoms with Gasteiger partial charge >= 0.3 is 0 Å². The molecule has 7 nitrogen and oxygen atoms in total. The van der Waals surface area contributed by atoms with E-state index in [0.29, 0.717) is 28.6 Å². The first-order valence-corrected chi connectivity index (χ1v) is 9.64. The normalized spacial score (nSPS) is 10.3. The predicted octanol–water partition coefficient (Wildman–Crippen LogP) is 4.03. The van der Waals surface area contributed by atoms with Gasteiger partial charge in [-0.05, 0) is 24.3 Å². The molecule has 0 spiro atoms. The van der Waals surface area contributed by atoms with Crippen LogP contribution in [0.15, 0.2) is 41.8 Å². The van der Waals surface area contributed by atoms with Gasteiger partial charge in [0.15, 0.2) is 11.5 Å². The van der Waals surface area contributed by atoms with Gasteiger partial charge in [0.1, 0.15) is 10.8 Å². The molecule has 152 valence electrons. The summed E-state index contributed by atoms with van der Waals surface area (Å²) in [4.78, 5) is 17.0. The lowest BCUT2D eigenvalue weighted by atomic mass is 10.2. The summed E-state index contributed by atoms with van der Waals surface area (Å²) in [5.74, 6) is 2.01. The molecule has 1 heterocycles. The minimum Gasteiger partial charge on any atom is -0.497 e. The number of benzene rings is 2. The van der Waals surface area contributed by atoms with Crippen LogP contribution in [0.5, 0.6) is 23.0 Å². The number of nitrogens with one attached hydrogen (secondary N) is 1. The lowest BCUT2D eigenvalue weighted by Crippen LogP contribution is -2.15. The number of methoxy groups -OCH3 is 4. The van der Waals surface area contributed by atoms with Crippen molar-refractivity contribution >= 4 is 22.9 Å². The zero-order valence-corrected chi connectivity index (χ0v) is 17.5. The number of aromatic nitrogens is 1. The van der Waals surface area contributed by atoms with Crippen molar-refractivity contribution in [3.05, 3.63) is 47.5 Å². The van der Waals surface area contributed by atoms with Crippen molar-refractivity contribution in [1.29, 1.82) is 0 Å². The van der Waals surface area contributed by atoms with Crippen molar-refractivity contribution in [2.45, 2.75) is 6.42 Å². The Bertz CT molecular complexity index is 960. The SMILES string of the molecule is COc1ccc(-c2nc(CC(=O)Nc3cc(OC)c(OC)c(OC)c3)cs2)cc1. The Labute approximate surface area is 173 Å². The molecule has 0 aliphatic rings. The molecular weight excluding hydrogens is 392 g/mol. The molecule has 0 saturated heterocycles. The number of hydrogen-bond donors (Lipinski definition) is 1. The number of amides is 1. The van der Waals surface area contributed by atoms with Gasteiger partial charge in [0, 0.05) is 28.8 Å². The maximum absolute atomic E-state index is 12.5. The summed E-state index contributed by atoms with van der Waals surface area (Å²) in [5, 5.41) is 5.58. The molecule has 1 amide bonds. The van der Waals surface area contributed by atoms with Gasteiger partial charge in [-0.2, -0.15) is 0 Å². The van der Waals surface area contributed by atoms with E-state index in [2.05, 4.69) is 10.3 Å². The highest BCUT2D eigenvalue weighted by atomic mass is 32.1. The summed E-state index contributed by atoms with van der Waals surface area (Å²) in [6.07, 6.45) is 0.156. The second-order valence-corrected chi connectivity index (χ2v) is 6.87. The number of carbonyl (C=O) groups excluding carboxylic acids is 1. The van der Waals surface area contributed by atoms with E-state index in [1.807, 2.05) is 29.6 Å². The van der Waals surface area contributed by atoms with Gasteiger partial charge in [0.2, 0.25) is 11.7 Å². The summed E-state index contributed by atoms with van der Waals surface area (Å²) in [6, 6.07) is 11.0. The van der Waals surface area contributed by atoms with Crippen LogP contribution in [0.1, 0.15) is 5.69 Å². The van der Waals surface area contributed by atoms with Gasteiger partial charge in [0.25, 0.3) is 0 Å². The molecule has 0 radical (unpaired) electrons. The van der Waals surface area contributed by atoms with Crippen LogP contribution in [0, 0.1) is 0 Å². The van der Waals surface area contributed by atoms with Crippen molar-refractivity contribution in [2.75, 3.05) is 33.8 Å². The topological polar surface area (TPSA) is 78.9 Å². The first-order valence-electron chi connectivity index (χ1n) is 8.76. The molecule has 3 rings (SSSR count). The monoisotopic (exact) mass is 414 g/mol. The Morgan fingerprint density at radius 1 is 0.966 bits per heavy atom. The summed E-state index contributed by atoms with van der Waals surface area (Å²) in [5.41, 5.74) is 2.23. The van der Waals surface area contributed by atoms with Crippen LogP contribution >= 0.6 is 11.3 Å². The van der Waals surface area contributed by atoms with Crippen LogP contribution in [0.2, 0.25) is 0 Å². The zero-order chi connectivity index (χ0) is 20.8. The minimum atomic E-state index is -0.189. The maximum Gasteiger partial charge on any atom is 0.230 e. The number of nitrogens with zero attached hydrogens (tertiary/aromatic N) is 1. The van der Waals surface area contributed by atoms with E-state index in [-0.39, 0.29) is 12.3 Å². The number of anilines is 1. The van der Waals surface area contributed by atoms with Crippen LogP contribution in [0.25, 0.3) is 10.6 Å². The molecule has 8 heteroatoms. The van der Waals surface area contributed by atoms with E-state index >= 15 is 0 Å². The fourth-order valence-corrected chi connectivity index (χ4v) is 3.60. The van der Waals surface area contributed by atoms with E-state index in [1.54, 1.807) is 19.2 Å². The molecular formula is C21H22N2O5S. The number of thiazole rings is 1. The molecule has 1 aromatic heterocycles. The van der Waals surface area contributed by atoms with Crippen molar-refractivity contribution in [2.24, 2.45) is 0 Å². The zero-order valence-electron chi connectivity index (χ0n) is 16.6. The van der Waals surface area contributed by atoms with Gasteiger partial charge in [-0.25, -0.2) is 4.98 Å². The Morgan fingerprint density at radius 2 is 1.62 bits per heavy atom. The third kappa shape index (κ3) is 4.78. The third-order valence-electron chi connectivity index (χ3n) is 4.18. The van der Waals surface area contributed by atoms with Gasteiger partial charge in [-0.15, -0.1) is 11.3 Å². The number of ether oxygens (including phenoxy) is 4. The highest BCUT2D eigenvalue weighted by molar-refractivity contribution is 7.13. The van der Waals surface area contributed by atoms with E-state index in [4.69, 9.17) is 18.9 Å². The van der Waals surface area contributed by atoms with E-state index < -0.39 is 0 Å². The molecule has 0 saturated carbocycles. The summed E-state index contributed by atoms with van der Waals surface area (Å²) >= 11 is 1.49. The first kappa shape index (κ1) is 20.5. The number of carbonyl (C=O) groups is 1. The molecule has 0 aliphatic carbocycles. The molecule has 0 unspecified atom stereocenters. The number of hydrogen-bond acceptors (Lipinski definition) is 7. The standard InChI is InChI=1S/C21H22N2O5S/c1-25-16-7-5-13(6-8-16)21-23-15(12-29-21)11-19(24)22-14-9-17(26-2)20(28-4)18(10-14)27-3/h5-10,12H,11H2,1-4H3,(H,22,24). The van der Waals surface area contributed by atoms with Crippen molar-refractivity contribution in [3.63, 3.8) is 0 Å². The predicted molar refractivity (Wildman–Crippen MR) is 113 cm³/mol. The average Bonchev–Trinajstić information content (AvgIpc) is 3.21. The molecule has 0 fully saturated rings. The highest BCUT2D eigenvalue weighted by Gasteiger charge is 2.15. The lowest BCUT2D eigenvalue weighted by Gasteiger charge is -2.14. The van der Waals surface area contributed by atoms with Crippen LogP contribution in [0.4, 0.5) is 5.69 Å². The fraction of sp³-hybridized carbons (Fsp3) is 0.238. The molecule has 3 aromatic rings. The van der Waals surface area contributed by atoms with E-state index in [9.17, 15) is 4.79 Å². The number of rotatable bonds is 8. The molecule has 0 atom stereocenters. The van der Waals surface area contributed by atoms with Crippen molar-refractivity contribution in [1.82, 2.24) is 4.98 Å². The van der Waals surface area contributed by atoms with Gasteiger partial charge in [0.05, 0.1) is 40.6 Å². The van der Waals surface area contributed by atoms with Crippen LogP contribution in [0.3, 0.4) is 0 Å². The van der Waals surface area contributed by atoms with Crippen molar-refractivity contribution < 1.29 is 23.7 Å². The van der Waals surface area contributed by atoms with Crippen LogP contribution in [-0.4, -0.2) is 39.3 Å². The molecule has 0 aliphatic heterocycles. The maximum atomic E-state index is 12.5. The average molecular weight is 414 g/mol. The molecule has 29 heavy (non-hydrogen) atoms. The second kappa shape index (κ2) is 9.29. The second-order valence-electron chi connectivity index (χ2n) is 6.01. The highest BCUT2D eigenvalue weighted by Crippen LogP contribution is 2.40. The van der Waals surface area contributed by atoms with Crippen molar-refractivity contribution in [3.8, 4) is 33.6 Å². The summed E-state index contributed by atoms with van der Waals surface area (Å²) < 4.78 is 21.1. The molecule has 2 aromatic carbocycles. The fourth-order valence-electron chi connectivity index (χ4n) is 2.78. The Hall–Kier alpha value is -3.26. The molecule has 0 bridgehead atoms. The Kier molecular flexibility index (Phi) is 6.56. The van der Waals surface area contributed by atoms with Gasteiger partial charge in [-0.3, -0.25) is 4.79 Å². The van der Waals surface area contributed by atoms with Gasteiger partial charge < -0.3 is 24.3 Å². The van der Waals surface area contributed by atoms with E-state index in [0.717, 1.165) is 16.3 Å². The van der Waals surface area contributed by atoms with E-state index in [1.165, 1.54) is 32.7 Å². The first-order chi connectivity index (χ1) is 14.1. The molecule has 1 N–H and O–H groups in total. The summed E-state index contributed by atoms with van der Waals surface area (Å²) in [6.45, 7) is 0. The lowest BCUT2D eigenvalue weighted by molar-refractivity contribution is -0.115. The largest absolute Gasteiger partial charge is 0.497 e. The third-order valence-corrected chi connectivity index (χ3v) is 5.12. The van der Waals surface area contributed by atoms with Crippen LogP contribution < -0.4 is 24.3 Å².